The first-order chi connectivity index (χ1) is 17.2. The number of allylic oxidation sites excluding steroid dienone is 1. The molecule has 0 saturated heterocycles. The molecule has 1 unspecified atom stereocenters. The maximum Gasteiger partial charge on any atom is 0.328 e. The number of fused-ring (bicyclic) bond motifs is 1. The van der Waals surface area contributed by atoms with Gasteiger partial charge in [-0.05, 0) is 45.4 Å². The molecule has 2 heterocycles. The second-order valence-electron chi connectivity index (χ2n) is 8.20. The number of amidine groups is 1. The molecule has 0 spiro atoms. The zero-order chi connectivity index (χ0) is 26.2. The third-order valence-corrected chi connectivity index (χ3v) is 6.63. The molecule has 11 heteroatoms. The van der Waals surface area contributed by atoms with E-state index in [1.54, 1.807) is 26.8 Å². The highest BCUT2D eigenvalue weighted by atomic mass is 32.1. The molecule has 1 N–H and O–H groups in total. The highest BCUT2D eigenvalue weighted by molar-refractivity contribution is 7.18. The van der Waals surface area contributed by atoms with Crippen molar-refractivity contribution >= 4 is 51.6 Å². The third kappa shape index (κ3) is 6.97. The molecule has 1 aromatic rings. The largest absolute Gasteiger partial charge is 0.466 e. The van der Waals surface area contributed by atoms with Gasteiger partial charge >= 0.3 is 11.9 Å². The molecule has 0 fully saturated rings. The number of hydrogen-bond acceptors (Lipinski definition) is 9. The van der Waals surface area contributed by atoms with Crippen molar-refractivity contribution in [3.63, 3.8) is 0 Å². The number of nitrogens with zero attached hydrogens (tertiary/aromatic N) is 3. The van der Waals surface area contributed by atoms with E-state index in [1.807, 2.05) is 36.2 Å². The Kier molecular flexibility index (Phi) is 9.29. The van der Waals surface area contributed by atoms with Crippen LogP contribution in [-0.4, -0.2) is 68.1 Å². The fraction of sp³-hybridized carbons (Fsp3) is 0.440. The Bertz CT molecular complexity index is 1150. The van der Waals surface area contributed by atoms with E-state index < -0.39 is 23.9 Å². The Morgan fingerprint density at radius 2 is 1.92 bits per heavy atom. The SMILES string of the molecule is CCOC(=O)CC[C@H](NC(=O)c1ccc(N(C)CC2C=CC3=NC(C)=NC(=O)C3=C2)s1)C(=O)OCC. The van der Waals surface area contributed by atoms with Gasteiger partial charge in [0, 0.05) is 25.9 Å². The summed E-state index contributed by atoms with van der Waals surface area (Å²) in [6.07, 6.45) is 5.75. The number of nitrogens with one attached hydrogen (secondary N) is 1. The lowest BCUT2D eigenvalue weighted by molar-refractivity contribution is -0.146. The lowest BCUT2D eigenvalue weighted by Crippen LogP contribution is -2.42. The predicted molar refractivity (Wildman–Crippen MR) is 138 cm³/mol. The number of amides is 2. The van der Waals surface area contributed by atoms with Crippen molar-refractivity contribution in [2.45, 2.75) is 39.7 Å². The molecular formula is C25H30N4O6S. The van der Waals surface area contributed by atoms with Crippen molar-refractivity contribution in [3.8, 4) is 0 Å². The van der Waals surface area contributed by atoms with E-state index in [9.17, 15) is 19.2 Å². The van der Waals surface area contributed by atoms with E-state index in [0.29, 0.717) is 28.5 Å². The monoisotopic (exact) mass is 514 g/mol. The number of anilines is 1. The molecule has 1 aliphatic carbocycles. The van der Waals surface area contributed by atoms with Gasteiger partial charge in [-0.25, -0.2) is 9.79 Å². The predicted octanol–water partition coefficient (Wildman–Crippen LogP) is 2.70. The first kappa shape index (κ1) is 27.0. The topological polar surface area (TPSA) is 127 Å². The van der Waals surface area contributed by atoms with Gasteiger partial charge in [-0.1, -0.05) is 12.2 Å². The van der Waals surface area contributed by atoms with Crippen molar-refractivity contribution in [2.75, 3.05) is 31.7 Å². The van der Waals surface area contributed by atoms with Gasteiger partial charge in [0.15, 0.2) is 0 Å². The van der Waals surface area contributed by atoms with Gasteiger partial charge in [-0.2, -0.15) is 4.99 Å². The summed E-state index contributed by atoms with van der Waals surface area (Å²) in [4.78, 5) is 59.7. The van der Waals surface area contributed by atoms with Gasteiger partial charge in [0.05, 0.1) is 34.4 Å². The maximum atomic E-state index is 12.9. The Balaban J connectivity index is 1.62. The molecule has 1 aromatic heterocycles. The van der Waals surface area contributed by atoms with Gasteiger partial charge < -0.3 is 19.7 Å². The van der Waals surface area contributed by atoms with Crippen molar-refractivity contribution in [1.82, 2.24) is 5.32 Å². The lowest BCUT2D eigenvalue weighted by atomic mass is 9.94. The minimum Gasteiger partial charge on any atom is -0.466 e. The average molecular weight is 515 g/mol. The Hall–Kier alpha value is -3.60. The van der Waals surface area contributed by atoms with Crippen LogP contribution in [0.5, 0.6) is 0 Å². The first-order valence-corrected chi connectivity index (χ1v) is 12.6. The first-order valence-electron chi connectivity index (χ1n) is 11.7. The number of thiophene rings is 1. The molecule has 0 bridgehead atoms. The summed E-state index contributed by atoms with van der Waals surface area (Å²) in [5, 5.41) is 3.52. The number of hydrogen-bond donors (Lipinski definition) is 1. The summed E-state index contributed by atoms with van der Waals surface area (Å²) in [5.74, 6) is -1.34. The van der Waals surface area contributed by atoms with Crippen LogP contribution in [0.4, 0.5) is 5.00 Å². The molecule has 2 amide bonds. The lowest BCUT2D eigenvalue weighted by Gasteiger charge is -2.24. The summed E-state index contributed by atoms with van der Waals surface area (Å²) in [7, 11) is 1.90. The zero-order valence-electron chi connectivity index (χ0n) is 20.8. The maximum absolute atomic E-state index is 12.9. The Morgan fingerprint density at radius 3 is 2.64 bits per heavy atom. The van der Waals surface area contributed by atoms with Gasteiger partial charge in [0.25, 0.3) is 11.8 Å². The smallest absolute Gasteiger partial charge is 0.328 e. The number of aliphatic imine (C=N–C) groups is 2. The van der Waals surface area contributed by atoms with Crippen molar-refractivity contribution in [3.05, 3.63) is 40.8 Å². The van der Waals surface area contributed by atoms with Gasteiger partial charge in [0.1, 0.15) is 11.9 Å². The Morgan fingerprint density at radius 1 is 1.17 bits per heavy atom. The highest BCUT2D eigenvalue weighted by Gasteiger charge is 2.26. The average Bonchev–Trinajstić information content (AvgIpc) is 3.33. The number of rotatable bonds is 11. The number of ether oxygens (including phenoxy) is 2. The van der Waals surface area contributed by atoms with Crippen molar-refractivity contribution in [2.24, 2.45) is 15.9 Å². The van der Waals surface area contributed by atoms with Crippen LogP contribution in [0, 0.1) is 5.92 Å². The zero-order valence-corrected chi connectivity index (χ0v) is 21.6. The normalized spacial score (nSPS) is 17.3. The number of carbonyl (C=O) groups is 4. The van der Waals surface area contributed by atoms with E-state index in [1.165, 1.54) is 11.3 Å². The van der Waals surface area contributed by atoms with E-state index in [2.05, 4.69) is 15.3 Å². The molecule has 2 atom stereocenters. The van der Waals surface area contributed by atoms with Crippen LogP contribution in [0.1, 0.15) is 43.3 Å². The summed E-state index contributed by atoms with van der Waals surface area (Å²) >= 11 is 1.27. The number of esters is 2. The van der Waals surface area contributed by atoms with Crippen molar-refractivity contribution < 1.29 is 28.7 Å². The summed E-state index contributed by atoms with van der Waals surface area (Å²) in [6.45, 7) is 6.05. The molecule has 0 aromatic carbocycles. The van der Waals surface area contributed by atoms with Crippen LogP contribution in [0.2, 0.25) is 0 Å². The fourth-order valence-corrected chi connectivity index (χ4v) is 4.62. The molecule has 2 aliphatic rings. The molecule has 0 saturated carbocycles. The van der Waals surface area contributed by atoms with Crippen LogP contribution >= 0.6 is 11.3 Å². The minimum absolute atomic E-state index is 0.0136. The van der Waals surface area contributed by atoms with E-state index in [-0.39, 0.29) is 37.9 Å². The second-order valence-corrected chi connectivity index (χ2v) is 9.27. The molecule has 0 radical (unpaired) electrons. The third-order valence-electron chi connectivity index (χ3n) is 5.43. The molecule has 3 rings (SSSR count). The standard InChI is InChI=1S/C25H30N4O6S/c1-5-34-22(30)12-9-19(25(33)35-6-2)28-24(32)20-10-11-21(36-20)29(4)14-16-7-8-18-17(13-16)23(31)27-15(3)26-18/h7-8,10-11,13,16,19H,5-6,9,12,14H2,1-4H3,(H,28,32)/t16?,19-/m0/s1. The minimum atomic E-state index is -0.959. The summed E-state index contributed by atoms with van der Waals surface area (Å²) in [5.41, 5.74) is 1.13. The summed E-state index contributed by atoms with van der Waals surface area (Å²) < 4.78 is 9.96. The van der Waals surface area contributed by atoms with Crippen LogP contribution in [0.25, 0.3) is 0 Å². The van der Waals surface area contributed by atoms with Crippen LogP contribution < -0.4 is 10.2 Å². The Labute approximate surface area is 213 Å². The summed E-state index contributed by atoms with van der Waals surface area (Å²) in [6, 6.07) is 2.55. The van der Waals surface area contributed by atoms with Crippen LogP contribution in [-0.2, 0) is 23.9 Å². The highest BCUT2D eigenvalue weighted by Crippen LogP contribution is 2.28. The second kappa shape index (κ2) is 12.4. The molecular weight excluding hydrogens is 484 g/mol. The van der Waals surface area contributed by atoms with Gasteiger partial charge in [0.2, 0.25) is 0 Å². The molecule has 10 nitrogen and oxygen atoms in total. The van der Waals surface area contributed by atoms with Crippen molar-refractivity contribution in [1.29, 1.82) is 0 Å². The number of carbonyl (C=O) groups excluding carboxylic acids is 4. The van der Waals surface area contributed by atoms with Crippen LogP contribution in [0.15, 0.2) is 45.9 Å². The van der Waals surface area contributed by atoms with E-state index in [4.69, 9.17) is 9.47 Å². The van der Waals surface area contributed by atoms with Crippen LogP contribution in [0.3, 0.4) is 0 Å². The molecule has 192 valence electrons. The van der Waals surface area contributed by atoms with Gasteiger partial charge in [-0.3, -0.25) is 14.4 Å². The quantitative estimate of drug-likeness (QED) is 0.450. The molecule has 1 aliphatic heterocycles. The molecule has 36 heavy (non-hydrogen) atoms. The van der Waals surface area contributed by atoms with E-state index in [0.717, 1.165) is 5.00 Å². The van der Waals surface area contributed by atoms with E-state index >= 15 is 0 Å². The fourth-order valence-electron chi connectivity index (χ4n) is 3.74. The van der Waals surface area contributed by atoms with Gasteiger partial charge in [-0.15, -0.1) is 11.3 Å².